The summed E-state index contributed by atoms with van der Waals surface area (Å²) in [5.74, 6) is 0.257. The maximum atomic E-state index is 11.7. The molecule has 0 saturated carbocycles. The molecule has 0 amide bonds. The van der Waals surface area contributed by atoms with Crippen molar-refractivity contribution in [1.29, 1.82) is 0 Å². The first kappa shape index (κ1) is 17.9. The molecule has 0 aliphatic rings. The highest BCUT2D eigenvalue weighted by atomic mass is 32.2. The van der Waals surface area contributed by atoms with Crippen LogP contribution in [0.5, 0.6) is 0 Å². The van der Waals surface area contributed by atoms with E-state index in [2.05, 4.69) is 25.5 Å². The molecule has 0 unspecified atom stereocenters. The predicted molar refractivity (Wildman–Crippen MR) is 79.2 cm³/mol. The summed E-state index contributed by atoms with van der Waals surface area (Å²) in [6, 6.07) is 0. The summed E-state index contributed by atoms with van der Waals surface area (Å²) in [7, 11) is -3.08. The van der Waals surface area contributed by atoms with Crippen LogP contribution in [0, 0.1) is 10.8 Å². The lowest BCUT2D eigenvalue weighted by molar-refractivity contribution is 0.359. The molecule has 0 spiro atoms. The Morgan fingerprint density at radius 2 is 1.39 bits per heavy atom. The lowest BCUT2D eigenvalue weighted by Crippen LogP contribution is -2.33. The van der Waals surface area contributed by atoms with Crippen LogP contribution in [0.15, 0.2) is 0 Å². The molecule has 3 nitrogen and oxygen atoms in total. The van der Waals surface area contributed by atoms with Crippen molar-refractivity contribution in [3.63, 3.8) is 0 Å². The van der Waals surface area contributed by atoms with Gasteiger partial charge in [-0.25, -0.2) is 13.1 Å². The van der Waals surface area contributed by atoms with Gasteiger partial charge in [-0.2, -0.15) is 0 Å². The first-order valence-corrected chi connectivity index (χ1v) is 8.54. The third kappa shape index (κ3) is 12.4. The van der Waals surface area contributed by atoms with Gasteiger partial charge in [0.2, 0.25) is 10.0 Å². The monoisotopic (exact) mass is 277 g/mol. The second kappa shape index (κ2) is 6.90. The summed E-state index contributed by atoms with van der Waals surface area (Å²) in [6.07, 6.45) is 4.02. The molecule has 0 aliphatic carbocycles. The van der Waals surface area contributed by atoms with Crippen molar-refractivity contribution in [2.75, 3.05) is 12.3 Å². The number of rotatable bonds is 7. The highest BCUT2D eigenvalue weighted by molar-refractivity contribution is 7.89. The standard InChI is InChI=1S/C14H31NO2S/c1-13(2,3)10-8-7-9-11-18(16,17)15-12-14(4,5)6/h15H,7-12H2,1-6H3. The van der Waals surface area contributed by atoms with E-state index in [1.165, 1.54) is 0 Å². The van der Waals surface area contributed by atoms with Crippen LogP contribution in [-0.2, 0) is 10.0 Å². The van der Waals surface area contributed by atoms with E-state index in [1.54, 1.807) is 0 Å². The van der Waals surface area contributed by atoms with E-state index in [0.29, 0.717) is 12.0 Å². The van der Waals surface area contributed by atoms with Crippen molar-refractivity contribution in [2.24, 2.45) is 10.8 Å². The summed E-state index contributed by atoms with van der Waals surface area (Å²) in [5, 5.41) is 0. The van der Waals surface area contributed by atoms with Crippen LogP contribution in [0.1, 0.15) is 67.2 Å². The summed E-state index contributed by atoms with van der Waals surface area (Å²) in [5.41, 5.74) is 0.350. The molecule has 0 aliphatic heterocycles. The van der Waals surface area contributed by atoms with Crippen molar-refractivity contribution in [2.45, 2.75) is 67.2 Å². The molecule has 110 valence electrons. The van der Waals surface area contributed by atoms with Crippen LogP contribution < -0.4 is 4.72 Å². The number of nitrogens with one attached hydrogen (secondary N) is 1. The molecule has 0 rings (SSSR count). The van der Waals surface area contributed by atoms with Gasteiger partial charge >= 0.3 is 0 Å². The van der Waals surface area contributed by atoms with E-state index in [1.807, 2.05) is 20.8 Å². The maximum absolute atomic E-state index is 11.7. The fourth-order valence-corrected chi connectivity index (χ4v) is 2.90. The zero-order chi connectivity index (χ0) is 14.4. The topological polar surface area (TPSA) is 46.2 Å². The van der Waals surface area contributed by atoms with Gasteiger partial charge in [0.25, 0.3) is 0 Å². The molecule has 0 aromatic carbocycles. The smallest absolute Gasteiger partial charge is 0.211 e. The SMILES string of the molecule is CC(C)(C)CCCCCS(=O)(=O)NCC(C)(C)C. The molecule has 1 N–H and O–H groups in total. The van der Waals surface area contributed by atoms with Crippen LogP contribution in [0.3, 0.4) is 0 Å². The van der Waals surface area contributed by atoms with Gasteiger partial charge < -0.3 is 0 Å². The van der Waals surface area contributed by atoms with Crippen molar-refractivity contribution in [1.82, 2.24) is 4.72 Å². The van der Waals surface area contributed by atoms with Gasteiger partial charge in [-0.05, 0) is 23.7 Å². The average Bonchev–Trinajstić information content (AvgIpc) is 2.11. The molecular weight excluding hydrogens is 246 g/mol. The Morgan fingerprint density at radius 1 is 0.833 bits per heavy atom. The van der Waals surface area contributed by atoms with Crippen LogP contribution in [0.2, 0.25) is 0 Å². The molecule has 0 fully saturated rings. The minimum Gasteiger partial charge on any atom is -0.215 e. The van der Waals surface area contributed by atoms with Crippen LogP contribution in [0.4, 0.5) is 0 Å². The predicted octanol–water partition coefficient (Wildman–Crippen LogP) is 3.56. The second-order valence-corrected chi connectivity index (χ2v) is 9.50. The van der Waals surface area contributed by atoms with Gasteiger partial charge in [-0.15, -0.1) is 0 Å². The van der Waals surface area contributed by atoms with Crippen molar-refractivity contribution >= 4 is 10.0 Å². The highest BCUT2D eigenvalue weighted by Gasteiger charge is 2.16. The average molecular weight is 277 g/mol. The third-order valence-corrected chi connectivity index (χ3v) is 4.07. The number of sulfonamides is 1. The minimum absolute atomic E-state index is 0.000690. The Hall–Kier alpha value is -0.0900. The Balaban J connectivity index is 3.79. The first-order chi connectivity index (χ1) is 7.91. The van der Waals surface area contributed by atoms with E-state index in [4.69, 9.17) is 0 Å². The van der Waals surface area contributed by atoms with Crippen LogP contribution in [-0.4, -0.2) is 20.7 Å². The largest absolute Gasteiger partial charge is 0.215 e. The second-order valence-electron chi connectivity index (χ2n) is 7.57. The summed E-state index contributed by atoms with van der Waals surface area (Å²) < 4.78 is 26.1. The third-order valence-electron chi connectivity index (χ3n) is 2.66. The van der Waals surface area contributed by atoms with E-state index >= 15 is 0 Å². The molecule has 0 heterocycles. The molecule has 0 bridgehead atoms. The Bertz CT molecular complexity index is 321. The van der Waals surface area contributed by atoms with Crippen molar-refractivity contribution < 1.29 is 8.42 Å². The fraction of sp³-hybridized carbons (Fsp3) is 1.00. The number of hydrogen-bond acceptors (Lipinski definition) is 2. The van der Waals surface area contributed by atoms with E-state index < -0.39 is 10.0 Å². The van der Waals surface area contributed by atoms with Crippen LogP contribution in [0.25, 0.3) is 0 Å². The Kier molecular flexibility index (Phi) is 6.86. The first-order valence-electron chi connectivity index (χ1n) is 6.89. The molecule has 0 aromatic heterocycles. The van der Waals surface area contributed by atoms with E-state index in [0.717, 1.165) is 25.7 Å². The van der Waals surface area contributed by atoms with Gasteiger partial charge in [-0.3, -0.25) is 0 Å². The lowest BCUT2D eigenvalue weighted by Gasteiger charge is -2.19. The normalized spacial score (nSPS) is 13.9. The summed E-state index contributed by atoms with van der Waals surface area (Å²) in [6.45, 7) is 13.2. The Labute approximate surface area is 114 Å². The summed E-state index contributed by atoms with van der Waals surface area (Å²) in [4.78, 5) is 0. The zero-order valence-electron chi connectivity index (χ0n) is 13.0. The van der Waals surface area contributed by atoms with Gasteiger partial charge in [-0.1, -0.05) is 54.4 Å². The lowest BCUT2D eigenvalue weighted by atomic mass is 9.90. The molecular formula is C14H31NO2S. The van der Waals surface area contributed by atoms with Gasteiger partial charge in [0.15, 0.2) is 0 Å². The molecule has 0 atom stereocenters. The van der Waals surface area contributed by atoms with Crippen LogP contribution >= 0.6 is 0 Å². The quantitative estimate of drug-likeness (QED) is 0.723. The van der Waals surface area contributed by atoms with Crippen molar-refractivity contribution in [3.8, 4) is 0 Å². The van der Waals surface area contributed by atoms with Gasteiger partial charge in [0.1, 0.15) is 0 Å². The zero-order valence-corrected chi connectivity index (χ0v) is 13.8. The molecule has 4 heteroatoms. The summed E-state index contributed by atoms with van der Waals surface area (Å²) >= 11 is 0. The molecule has 18 heavy (non-hydrogen) atoms. The van der Waals surface area contributed by atoms with Gasteiger partial charge in [0.05, 0.1) is 5.75 Å². The maximum Gasteiger partial charge on any atom is 0.211 e. The Morgan fingerprint density at radius 3 is 1.83 bits per heavy atom. The number of hydrogen-bond donors (Lipinski definition) is 1. The fourth-order valence-electron chi connectivity index (χ4n) is 1.52. The van der Waals surface area contributed by atoms with E-state index in [-0.39, 0.29) is 11.2 Å². The minimum atomic E-state index is -3.08. The molecule has 0 saturated heterocycles. The molecule has 0 radical (unpaired) electrons. The number of unbranched alkanes of at least 4 members (excludes halogenated alkanes) is 2. The highest BCUT2D eigenvalue weighted by Crippen LogP contribution is 2.22. The van der Waals surface area contributed by atoms with Crippen molar-refractivity contribution in [3.05, 3.63) is 0 Å². The van der Waals surface area contributed by atoms with E-state index in [9.17, 15) is 8.42 Å². The molecule has 0 aromatic rings. The van der Waals surface area contributed by atoms with Gasteiger partial charge in [0, 0.05) is 6.54 Å².